The normalized spacial score (nSPS) is 20.8. The summed E-state index contributed by atoms with van der Waals surface area (Å²) >= 11 is 0. The molecule has 1 amide bonds. The molecule has 1 aliphatic heterocycles. The molecule has 0 aromatic carbocycles. The number of hydrogen-bond acceptors (Lipinski definition) is 3. The summed E-state index contributed by atoms with van der Waals surface area (Å²) in [6.45, 7) is 8.05. The predicted molar refractivity (Wildman–Crippen MR) is 64.7 cm³/mol. The molecule has 1 saturated heterocycles. The van der Waals surface area contributed by atoms with Gasteiger partial charge >= 0.3 is 5.97 Å². The van der Waals surface area contributed by atoms with Gasteiger partial charge < -0.3 is 10.0 Å². The number of carbonyl (C=O) groups excluding carboxylic acids is 1. The monoisotopic (exact) mass is 242 g/mol. The Balaban J connectivity index is 2.43. The molecule has 98 valence electrons. The van der Waals surface area contributed by atoms with Gasteiger partial charge in [0.05, 0.1) is 6.54 Å². The van der Waals surface area contributed by atoms with E-state index in [0.29, 0.717) is 5.92 Å². The topological polar surface area (TPSA) is 60.9 Å². The van der Waals surface area contributed by atoms with Crippen LogP contribution in [0.1, 0.15) is 27.2 Å². The molecule has 0 aromatic rings. The molecule has 1 fully saturated rings. The Hall–Kier alpha value is -1.10. The fourth-order valence-electron chi connectivity index (χ4n) is 2.38. The van der Waals surface area contributed by atoms with Crippen molar-refractivity contribution in [2.45, 2.75) is 33.2 Å². The maximum atomic E-state index is 11.5. The lowest BCUT2D eigenvalue weighted by Crippen LogP contribution is -2.39. The second kappa shape index (κ2) is 6.00. The highest BCUT2D eigenvalue weighted by Crippen LogP contribution is 2.18. The van der Waals surface area contributed by atoms with Crippen molar-refractivity contribution in [2.75, 3.05) is 26.2 Å². The van der Waals surface area contributed by atoms with Crippen LogP contribution in [0, 0.1) is 5.92 Å². The number of carboxylic acid groups (broad SMARTS) is 1. The van der Waals surface area contributed by atoms with Gasteiger partial charge in [-0.05, 0) is 32.7 Å². The molecule has 0 aromatic heterocycles. The van der Waals surface area contributed by atoms with Crippen LogP contribution in [0.25, 0.3) is 0 Å². The maximum Gasteiger partial charge on any atom is 0.317 e. The Labute approximate surface area is 102 Å². The Bertz CT molecular complexity index is 291. The lowest BCUT2D eigenvalue weighted by molar-refractivity contribution is -0.138. The first-order valence-corrected chi connectivity index (χ1v) is 6.11. The van der Waals surface area contributed by atoms with Crippen LogP contribution in [0.15, 0.2) is 0 Å². The lowest BCUT2D eigenvalue weighted by atomic mass is 10.1. The van der Waals surface area contributed by atoms with Crippen molar-refractivity contribution in [3.63, 3.8) is 0 Å². The molecule has 1 rings (SSSR count). The molecule has 1 aliphatic rings. The number of carbonyl (C=O) groups is 2. The third kappa shape index (κ3) is 4.34. The van der Waals surface area contributed by atoms with E-state index in [9.17, 15) is 9.59 Å². The van der Waals surface area contributed by atoms with Crippen molar-refractivity contribution in [3.8, 4) is 0 Å². The molecule has 0 bridgehead atoms. The Morgan fingerprint density at radius 3 is 2.59 bits per heavy atom. The molecule has 0 saturated carbocycles. The molecule has 0 spiro atoms. The van der Waals surface area contributed by atoms with Crippen molar-refractivity contribution >= 4 is 11.9 Å². The van der Waals surface area contributed by atoms with E-state index >= 15 is 0 Å². The summed E-state index contributed by atoms with van der Waals surface area (Å²) in [7, 11) is 0. The van der Waals surface area contributed by atoms with E-state index in [1.807, 2.05) is 23.6 Å². The molecule has 5 heteroatoms. The summed E-state index contributed by atoms with van der Waals surface area (Å²) in [5.74, 6) is -0.282. The third-order valence-corrected chi connectivity index (χ3v) is 3.21. The Kier molecular flexibility index (Phi) is 4.93. The van der Waals surface area contributed by atoms with Crippen LogP contribution in [0.2, 0.25) is 0 Å². The molecule has 1 atom stereocenters. The molecule has 1 unspecified atom stereocenters. The van der Waals surface area contributed by atoms with Crippen LogP contribution in [0.4, 0.5) is 0 Å². The first-order chi connectivity index (χ1) is 7.90. The van der Waals surface area contributed by atoms with Gasteiger partial charge in [-0.15, -0.1) is 0 Å². The summed E-state index contributed by atoms with van der Waals surface area (Å²) in [6, 6.07) is 0.209. The molecular formula is C12H22N2O3. The molecule has 1 heterocycles. The predicted octanol–water partition coefficient (Wildman–Crippen LogP) is 0.650. The highest BCUT2D eigenvalue weighted by Gasteiger charge is 2.27. The summed E-state index contributed by atoms with van der Waals surface area (Å²) in [4.78, 5) is 25.8. The van der Waals surface area contributed by atoms with Crippen molar-refractivity contribution < 1.29 is 14.7 Å². The van der Waals surface area contributed by atoms with Crippen molar-refractivity contribution in [1.29, 1.82) is 0 Å². The van der Waals surface area contributed by atoms with Crippen LogP contribution in [-0.4, -0.2) is 59.0 Å². The zero-order valence-corrected chi connectivity index (χ0v) is 10.8. The van der Waals surface area contributed by atoms with Gasteiger partial charge in [-0.3, -0.25) is 14.5 Å². The van der Waals surface area contributed by atoms with Crippen molar-refractivity contribution in [2.24, 2.45) is 5.92 Å². The summed E-state index contributed by atoms with van der Waals surface area (Å²) in [5.41, 5.74) is 0. The minimum atomic E-state index is -0.780. The van der Waals surface area contributed by atoms with E-state index in [1.54, 1.807) is 6.92 Å². The van der Waals surface area contributed by atoms with Crippen molar-refractivity contribution in [3.05, 3.63) is 0 Å². The quantitative estimate of drug-likeness (QED) is 0.769. The van der Waals surface area contributed by atoms with E-state index in [1.165, 1.54) is 0 Å². The van der Waals surface area contributed by atoms with Crippen molar-refractivity contribution in [1.82, 2.24) is 9.80 Å². The first-order valence-electron chi connectivity index (χ1n) is 6.11. The van der Waals surface area contributed by atoms with E-state index in [4.69, 9.17) is 5.11 Å². The number of rotatable bonds is 5. The zero-order valence-electron chi connectivity index (χ0n) is 10.8. The van der Waals surface area contributed by atoms with Gasteiger partial charge in [0.15, 0.2) is 0 Å². The van der Waals surface area contributed by atoms with Gasteiger partial charge in [-0.1, -0.05) is 0 Å². The smallest absolute Gasteiger partial charge is 0.317 e. The molecule has 17 heavy (non-hydrogen) atoms. The minimum absolute atomic E-state index is 0.0942. The van der Waals surface area contributed by atoms with Crippen LogP contribution < -0.4 is 0 Å². The fourth-order valence-corrected chi connectivity index (χ4v) is 2.38. The average Bonchev–Trinajstić information content (AvgIpc) is 2.59. The van der Waals surface area contributed by atoms with E-state index in [2.05, 4.69) is 0 Å². The average molecular weight is 242 g/mol. The van der Waals surface area contributed by atoms with Crippen LogP contribution >= 0.6 is 0 Å². The SMILES string of the molecule is CC(=O)N(CC1CCN(CC(=O)O)C1)C(C)C. The van der Waals surface area contributed by atoms with Gasteiger partial charge in [0, 0.05) is 26.1 Å². The number of carboxylic acids is 1. The van der Waals surface area contributed by atoms with Gasteiger partial charge in [0.2, 0.25) is 5.91 Å². The first kappa shape index (κ1) is 14.0. The summed E-state index contributed by atoms with van der Waals surface area (Å²) < 4.78 is 0. The molecule has 1 N–H and O–H groups in total. The minimum Gasteiger partial charge on any atom is -0.480 e. The van der Waals surface area contributed by atoms with E-state index in [0.717, 1.165) is 26.1 Å². The second-order valence-corrected chi connectivity index (χ2v) is 5.05. The number of aliphatic carboxylic acids is 1. The number of likely N-dealkylation sites (tertiary alicyclic amines) is 1. The Morgan fingerprint density at radius 1 is 1.47 bits per heavy atom. The second-order valence-electron chi connectivity index (χ2n) is 5.05. The van der Waals surface area contributed by atoms with Crippen LogP contribution in [-0.2, 0) is 9.59 Å². The lowest BCUT2D eigenvalue weighted by Gasteiger charge is -2.28. The maximum absolute atomic E-state index is 11.5. The summed E-state index contributed by atoms with van der Waals surface area (Å²) in [5, 5.41) is 8.71. The largest absolute Gasteiger partial charge is 0.480 e. The Morgan fingerprint density at radius 2 is 2.12 bits per heavy atom. The highest BCUT2D eigenvalue weighted by atomic mass is 16.4. The number of nitrogens with zero attached hydrogens (tertiary/aromatic N) is 2. The zero-order chi connectivity index (χ0) is 13.0. The molecule has 0 aliphatic carbocycles. The van der Waals surface area contributed by atoms with Gasteiger partial charge in [-0.25, -0.2) is 0 Å². The summed E-state index contributed by atoms with van der Waals surface area (Å²) in [6.07, 6.45) is 0.976. The standard InChI is InChI=1S/C12H22N2O3/c1-9(2)14(10(3)15)7-11-4-5-13(6-11)8-12(16)17/h9,11H,4-8H2,1-3H3,(H,16,17). The van der Waals surface area contributed by atoms with E-state index in [-0.39, 0.29) is 18.5 Å². The van der Waals surface area contributed by atoms with Gasteiger partial charge in [0.1, 0.15) is 0 Å². The number of amides is 1. The van der Waals surface area contributed by atoms with E-state index < -0.39 is 5.97 Å². The third-order valence-electron chi connectivity index (χ3n) is 3.21. The van der Waals surface area contributed by atoms with Gasteiger partial charge in [0.25, 0.3) is 0 Å². The number of hydrogen-bond donors (Lipinski definition) is 1. The molecular weight excluding hydrogens is 220 g/mol. The molecule has 0 radical (unpaired) electrons. The fraction of sp³-hybridized carbons (Fsp3) is 0.833. The van der Waals surface area contributed by atoms with Gasteiger partial charge in [-0.2, -0.15) is 0 Å². The molecule has 5 nitrogen and oxygen atoms in total. The van der Waals surface area contributed by atoms with Crippen LogP contribution in [0.3, 0.4) is 0 Å². The van der Waals surface area contributed by atoms with Crippen LogP contribution in [0.5, 0.6) is 0 Å². The highest BCUT2D eigenvalue weighted by molar-refractivity contribution is 5.73.